The highest BCUT2D eigenvalue weighted by Gasteiger charge is 2.50. The van der Waals surface area contributed by atoms with Crippen LogP contribution in [0.25, 0.3) is 5.57 Å². The number of nitrogens with one attached hydrogen (secondary N) is 1. The van der Waals surface area contributed by atoms with Gasteiger partial charge in [-0.3, -0.25) is 4.79 Å². The molecule has 29 heavy (non-hydrogen) atoms. The second kappa shape index (κ2) is 8.69. The van der Waals surface area contributed by atoms with Crippen LogP contribution in [0, 0.1) is 13.8 Å². The molecule has 1 amide bonds. The Balaban J connectivity index is 2.10. The van der Waals surface area contributed by atoms with Gasteiger partial charge >= 0.3 is 6.16 Å². The molecule has 0 radical (unpaired) electrons. The molecule has 1 N–H and O–H groups in total. The van der Waals surface area contributed by atoms with Crippen molar-refractivity contribution in [2.45, 2.75) is 32.2 Å². The van der Waals surface area contributed by atoms with Gasteiger partial charge < -0.3 is 19.6 Å². The molecule has 0 aromatic heterocycles. The van der Waals surface area contributed by atoms with E-state index in [-0.39, 0.29) is 12.5 Å². The van der Waals surface area contributed by atoms with E-state index in [1.165, 1.54) is 6.08 Å². The Kier molecular flexibility index (Phi) is 6.45. The highest BCUT2D eigenvalue weighted by Crippen LogP contribution is 2.42. The SMILES string of the molecule is C=CCOC(=O)OC1=C(c2c(C)cc(Br)cc2C)C(=O)NC12CCN(OC)CC2. The first kappa shape index (κ1) is 21.5. The van der Waals surface area contributed by atoms with Gasteiger partial charge in [-0.15, -0.1) is 0 Å². The van der Waals surface area contributed by atoms with Crippen molar-refractivity contribution in [2.24, 2.45) is 0 Å². The summed E-state index contributed by atoms with van der Waals surface area (Å²) in [6, 6.07) is 3.88. The molecule has 2 aliphatic rings. The summed E-state index contributed by atoms with van der Waals surface area (Å²) in [6.07, 6.45) is 1.71. The topological polar surface area (TPSA) is 77.1 Å². The molecule has 1 fully saturated rings. The predicted molar refractivity (Wildman–Crippen MR) is 112 cm³/mol. The van der Waals surface area contributed by atoms with Crippen LogP contribution in [0.2, 0.25) is 0 Å². The summed E-state index contributed by atoms with van der Waals surface area (Å²) >= 11 is 3.49. The zero-order chi connectivity index (χ0) is 21.2. The molecule has 1 aromatic carbocycles. The Bertz CT molecular complexity index is 849. The molecule has 3 rings (SSSR count). The van der Waals surface area contributed by atoms with Gasteiger partial charge in [0.1, 0.15) is 12.1 Å². The molecular weight excluding hydrogens is 440 g/mol. The molecule has 0 bridgehead atoms. The number of hydrogen-bond acceptors (Lipinski definition) is 6. The summed E-state index contributed by atoms with van der Waals surface area (Å²) in [5.41, 5.74) is 2.20. The molecule has 0 saturated carbocycles. The third kappa shape index (κ3) is 4.24. The number of carbonyl (C=O) groups excluding carboxylic acids is 2. The minimum atomic E-state index is -0.852. The molecule has 1 spiro atoms. The van der Waals surface area contributed by atoms with Crippen LogP contribution in [0.5, 0.6) is 0 Å². The van der Waals surface area contributed by atoms with Gasteiger partial charge in [-0.2, -0.15) is 5.06 Å². The van der Waals surface area contributed by atoms with Crippen LogP contribution in [0.1, 0.15) is 29.5 Å². The van der Waals surface area contributed by atoms with Crippen molar-refractivity contribution in [3.8, 4) is 0 Å². The van der Waals surface area contributed by atoms with E-state index in [0.29, 0.717) is 37.3 Å². The Hall–Kier alpha value is -2.16. The summed E-state index contributed by atoms with van der Waals surface area (Å²) in [6.45, 7) is 8.62. The lowest BCUT2D eigenvalue weighted by atomic mass is 9.85. The number of amides is 1. The number of halogens is 1. The smallest absolute Gasteiger partial charge is 0.430 e. The van der Waals surface area contributed by atoms with E-state index in [0.717, 1.165) is 21.2 Å². The molecule has 0 atom stereocenters. The Morgan fingerprint density at radius 3 is 2.48 bits per heavy atom. The maximum absolute atomic E-state index is 13.1. The van der Waals surface area contributed by atoms with Crippen molar-refractivity contribution in [1.82, 2.24) is 10.4 Å². The summed E-state index contributed by atoms with van der Waals surface area (Å²) in [5, 5.41) is 4.90. The quantitative estimate of drug-likeness (QED) is 0.529. The summed E-state index contributed by atoms with van der Waals surface area (Å²) < 4.78 is 11.6. The van der Waals surface area contributed by atoms with E-state index in [2.05, 4.69) is 27.8 Å². The summed E-state index contributed by atoms with van der Waals surface area (Å²) in [4.78, 5) is 30.7. The number of hydroxylamine groups is 2. The molecule has 156 valence electrons. The van der Waals surface area contributed by atoms with E-state index in [1.54, 1.807) is 7.11 Å². The Morgan fingerprint density at radius 1 is 1.31 bits per heavy atom. The number of carbonyl (C=O) groups is 2. The van der Waals surface area contributed by atoms with E-state index in [1.807, 2.05) is 31.0 Å². The van der Waals surface area contributed by atoms with E-state index in [4.69, 9.17) is 14.3 Å². The molecule has 0 unspecified atom stereocenters. The number of aryl methyl sites for hydroxylation is 2. The fourth-order valence-corrected chi connectivity index (χ4v) is 4.69. The lowest BCUT2D eigenvalue weighted by Gasteiger charge is -2.38. The fraction of sp³-hybridized carbons (Fsp3) is 0.429. The standard InChI is InChI=1S/C21H25BrN2O5/c1-5-10-28-20(26)29-18-17(16-13(2)11-15(22)12-14(16)3)19(25)23-21(18)6-8-24(27-4)9-7-21/h5,11-12H,1,6-10H2,2-4H3,(H,23,25). The van der Waals surface area contributed by atoms with Crippen molar-refractivity contribution in [3.05, 3.63) is 51.7 Å². The van der Waals surface area contributed by atoms with Gasteiger partial charge in [0.05, 0.1) is 12.7 Å². The average Bonchev–Trinajstić information content (AvgIpc) is 2.91. The van der Waals surface area contributed by atoms with E-state index in [9.17, 15) is 9.59 Å². The monoisotopic (exact) mass is 464 g/mol. The van der Waals surface area contributed by atoms with Crippen LogP contribution >= 0.6 is 15.9 Å². The average molecular weight is 465 g/mol. The van der Waals surface area contributed by atoms with Crippen molar-refractivity contribution < 1.29 is 23.9 Å². The first-order chi connectivity index (χ1) is 13.8. The highest BCUT2D eigenvalue weighted by atomic mass is 79.9. The zero-order valence-electron chi connectivity index (χ0n) is 16.8. The minimum Gasteiger partial charge on any atom is -0.430 e. The van der Waals surface area contributed by atoms with Gasteiger partial charge in [0, 0.05) is 17.6 Å². The van der Waals surface area contributed by atoms with Crippen LogP contribution in [0.15, 0.2) is 35.0 Å². The van der Waals surface area contributed by atoms with Gasteiger partial charge in [0.25, 0.3) is 5.91 Å². The van der Waals surface area contributed by atoms with E-state index >= 15 is 0 Å². The van der Waals surface area contributed by atoms with Crippen molar-refractivity contribution in [3.63, 3.8) is 0 Å². The number of rotatable bonds is 5. The van der Waals surface area contributed by atoms with Crippen LogP contribution in [0.3, 0.4) is 0 Å². The first-order valence-corrected chi connectivity index (χ1v) is 10.2. The molecule has 0 aliphatic carbocycles. The predicted octanol–water partition coefficient (Wildman–Crippen LogP) is 3.64. The summed E-state index contributed by atoms with van der Waals surface area (Å²) in [7, 11) is 1.62. The molecule has 2 aliphatic heterocycles. The van der Waals surface area contributed by atoms with Crippen LogP contribution in [0.4, 0.5) is 4.79 Å². The molecule has 1 saturated heterocycles. The molecule has 1 aromatic rings. The maximum atomic E-state index is 13.1. The van der Waals surface area contributed by atoms with Gasteiger partial charge in [0.15, 0.2) is 5.76 Å². The number of hydrogen-bond donors (Lipinski definition) is 1. The summed E-state index contributed by atoms with van der Waals surface area (Å²) in [5.74, 6) is 0.0664. The van der Waals surface area contributed by atoms with Crippen molar-refractivity contribution in [2.75, 3.05) is 26.8 Å². The van der Waals surface area contributed by atoms with Crippen LogP contribution in [-0.4, -0.2) is 49.5 Å². The van der Waals surface area contributed by atoms with Gasteiger partial charge in [0.2, 0.25) is 0 Å². The molecule has 7 nitrogen and oxygen atoms in total. The van der Waals surface area contributed by atoms with Crippen molar-refractivity contribution >= 4 is 33.6 Å². The first-order valence-electron chi connectivity index (χ1n) is 9.40. The van der Waals surface area contributed by atoms with E-state index < -0.39 is 11.7 Å². The van der Waals surface area contributed by atoms with Gasteiger partial charge in [-0.25, -0.2) is 4.79 Å². The third-order valence-corrected chi connectivity index (χ3v) is 5.79. The number of nitrogens with zero attached hydrogens (tertiary/aromatic N) is 1. The second-order valence-corrected chi connectivity index (χ2v) is 8.13. The number of ether oxygens (including phenoxy) is 2. The van der Waals surface area contributed by atoms with Crippen LogP contribution in [-0.2, 0) is 19.1 Å². The largest absolute Gasteiger partial charge is 0.513 e. The normalized spacial score (nSPS) is 18.7. The molecule has 2 heterocycles. The minimum absolute atomic E-state index is 0.0314. The molecule has 8 heteroatoms. The van der Waals surface area contributed by atoms with Crippen molar-refractivity contribution in [1.29, 1.82) is 0 Å². The number of piperidine rings is 1. The lowest BCUT2D eigenvalue weighted by Crippen LogP contribution is -2.53. The van der Waals surface area contributed by atoms with Gasteiger partial charge in [-0.05, 0) is 55.5 Å². The number of benzene rings is 1. The fourth-order valence-electron chi connectivity index (χ4n) is 4.00. The van der Waals surface area contributed by atoms with Gasteiger partial charge in [-0.1, -0.05) is 28.6 Å². The Morgan fingerprint density at radius 2 is 1.93 bits per heavy atom. The second-order valence-electron chi connectivity index (χ2n) is 7.22. The molecular formula is C21H25BrN2O5. The van der Waals surface area contributed by atoms with Crippen LogP contribution < -0.4 is 5.32 Å². The highest BCUT2D eigenvalue weighted by molar-refractivity contribution is 9.10. The lowest BCUT2D eigenvalue weighted by molar-refractivity contribution is -0.152. The zero-order valence-corrected chi connectivity index (χ0v) is 18.4. The maximum Gasteiger partial charge on any atom is 0.513 e. The Labute approximate surface area is 178 Å². The third-order valence-electron chi connectivity index (χ3n) is 5.33.